The van der Waals surface area contributed by atoms with Crippen LogP contribution < -0.4 is 10.2 Å². The number of hydrogen-bond donors (Lipinski definition) is 1. The van der Waals surface area contributed by atoms with Crippen LogP contribution in [-0.4, -0.2) is 50.9 Å². The van der Waals surface area contributed by atoms with Crippen LogP contribution in [0.5, 0.6) is 0 Å². The molecule has 0 bridgehead atoms. The summed E-state index contributed by atoms with van der Waals surface area (Å²) < 4.78 is 23.6. The lowest BCUT2D eigenvalue weighted by molar-refractivity contribution is -0.117. The van der Waals surface area contributed by atoms with Crippen LogP contribution in [0, 0.1) is 0 Å². The molecular weight excluding hydrogens is 342 g/mol. The minimum absolute atomic E-state index is 0.0291. The number of anilines is 2. The van der Waals surface area contributed by atoms with E-state index in [1.807, 2.05) is 0 Å². The second-order valence-corrected chi connectivity index (χ2v) is 7.88. The summed E-state index contributed by atoms with van der Waals surface area (Å²) in [6, 6.07) is 4.92. The van der Waals surface area contributed by atoms with E-state index in [0.717, 1.165) is 17.0 Å². The van der Waals surface area contributed by atoms with Gasteiger partial charge in [0.1, 0.15) is 0 Å². The normalized spacial score (nSPS) is 15.3. The number of benzene rings is 1. The van der Waals surface area contributed by atoms with Crippen LogP contribution in [0.2, 0.25) is 5.02 Å². The van der Waals surface area contributed by atoms with Crippen molar-refractivity contribution >= 4 is 44.8 Å². The van der Waals surface area contributed by atoms with Crippen LogP contribution in [0.4, 0.5) is 11.4 Å². The summed E-state index contributed by atoms with van der Waals surface area (Å²) in [6.07, 6.45) is 2.32. The fraction of sp³-hybridized carbons (Fsp3) is 0.429. The average molecular weight is 360 g/mol. The van der Waals surface area contributed by atoms with E-state index in [1.54, 1.807) is 23.1 Å². The van der Waals surface area contributed by atoms with Crippen molar-refractivity contribution in [3.8, 4) is 0 Å². The Morgan fingerprint density at radius 2 is 2.13 bits per heavy atom. The molecule has 1 heterocycles. The van der Waals surface area contributed by atoms with Crippen molar-refractivity contribution in [2.45, 2.75) is 12.8 Å². The lowest BCUT2D eigenvalue weighted by atomic mass is 10.2. The van der Waals surface area contributed by atoms with E-state index in [9.17, 15) is 18.0 Å². The van der Waals surface area contributed by atoms with E-state index in [1.165, 1.54) is 7.05 Å². The Bertz CT molecular complexity index is 736. The standard InChI is InChI=1S/C14H18ClN3O4S/c1-17(23(2,21)22)9-13(19)16-12-8-10(5-6-11(12)15)18-7-3-4-14(18)20/h5-6,8H,3-4,7,9H2,1-2H3,(H,16,19). The fourth-order valence-electron chi connectivity index (χ4n) is 2.21. The van der Waals surface area contributed by atoms with Gasteiger partial charge in [0.25, 0.3) is 0 Å². The van der Waals surface area contributed by atoms with Crippen LogP contribution in [0.25, 0.3) is 0 Å². The zero-order chi connectivity index (χ0) is 17.2. The van der Waals surface area contributed by atoms with Crippen molar-refractivity contribution < 1.29 is 18.0 Å². The molecule has 0 saturated carbocycles. The molecule has 1 aromatic carbocycles. The van der Waals surface area contributed by atoms with Crippen molar-refractivity contribution in [1.82, 2.24) is 4.31 Å². The lowest BCUT2D eigenvalue weighted by Gasteiger charge is -2.18. The molecule has 0 aromatic heterocycles. The number of rotatable bonds is 5. The maximum atomic E-state index is 12.0. The van der Waals surface area contributed by atoms with Crippen LogP contribution in [0.1, 0.15) is 12.8 Å². The van der Waals surface area contributed by atoms with Gasteiger partial charge in [-0.15, -0.1) is 0 Å². The molecule has 2 rings (SSSR count). The summed E-state index contributed by atoms with van der Waals surface area (Å²) in [4.78, 5) is 25.4. The van der Waals surface area contributed by atoms with Gasteiger partial charge in [-0.25, -0.2) is 8.42 Å². The third-order valence-electron chi connectivity index (χ3n) is 3.54. The average Bonchev–Trinajstić information content (AvgIpc) is 2.86. The Morgan fingerprint density at radius 3 is 2.70 bits per heavy atom. The predicted octanol–water partition coefficient (Wildman–Crippen LogP) is 1.30. The molecule has 1 N–H and O–H groups in total. The highest BCUT2D eigenvalue weighted by molar-refractivity contribution is 7.88. The van der Waals surface area contributed by atoms with Crippen molar-refractivity contribution in [2.24, 2.45) is 0 Å². The van der Waals surface area contributed by atoms with Gasteiger partial charge >= 0.3 is 0 Å². The second kappa shape index (κ2) is 6.86. The van der Waals surface area contributed by atoms with Gasteiger partial charge in [0.2, 0.25) is 21.8 Å². The van der Waals surface area contributed by atoms with Crippen molar-refractivity contribution in [3.63, 3.8) is 0 Å². The Kier molecular flexibility index (Phi) is 5.28. The molecule has 0 spiro atoms. The van der Waals surface area contributed by atoms with Gasteiger partial charge in [0.15, 0.2) is 0 Å². The minimum atomic E-state index is -3.44. The maximum Gasteiger partial charge on any atom is 0.239 e. The third kappa shape index (κ3) is 4.43. The topological polar surface area (TPSA) is 86.8 Å². The van der Waals surface area contributed by atoms with Gasteiger partial charge in [0.05, 0.1) is 23.5 Å². The molecule has 1 aliphatic rings. The minimum Gasteiger partial charge on any atom is -0.324 e. The first kappa shape index (κ1) is 17.7. The quantitative estimate of drug-likeness (QED) is 0.858. The van der Waals surface area contributed by atoms with Gasteiger partial charge in [-0.1, -0.05) is 11.6 Å². The van der Waals surface area contributed by atoms with Crippen molar-refractivity contribution in [3.05, 3.63) is 23.2 Å². The number of likely N-dealkylation sites (N-methyl/N-ethyl adjacent to an activating group) is 1. The van der Waals surface area contributed by atoms with Gasteiger partial charge in [-0.3, -0.25) is 9.59 Å². The second-order valence-electron chi connectivity index (χ2n) is 5.38. The Balaban J connectivity index is 2.13. The molecule has 2 amide bonds. The molecule has 126 valence electrons. The highest BCUT2D eigenvalue weighted by atomic mass is 35.5. The molecule has 7 nitrogen and oxygen atoms in total. The summed E-state index contributed by atoms with van der Waals surface area (Å²) in [7, 11) is -2.13. The molecule has 1 aliphatic heterocycles. The molecule has 0 atom stereocenters. The first-order valence-corrected chi connectivity index (χ1v) is 9.22. The fourth-order valence-corrected chi connectivity index (χ4v) is 2.72. The Morgan fingerprint density at radius 1 is 1.43 bits per heavy atom. The van der Waals surface area contributed by atoms with E-state index < -0.39 is 15.9 Å². The summed E-state index contributed by atoms with van der Waals surface area (Å²) in [6.45, 7) is 0.312. The van der Waals surface area contributed by atoms with E-state index in [-0.39, 0.29) is 12.5 Å². The van der Waals surface area contributed by atoms with E-state index in [0.29, 0.717) is 29.4 Å². The summed E-state index contributed by atoms with van der Waals surface area (Å²) in [5.41, 5.74) is 0.999. The largest absolute Gasteiger partial charge is 0.324 e. The summed E-state index contributed by atoms with van der Waals surface area (Å²) in [5.74, 6) is -0.480. The number of halogens is 1. The zero-order valence-electron chi connectivity index (χ0n) is 12.9. The van der Waals surface area contributed by atoms with E-state index >= 15 is 0 Å². The lowest BCUT2D eigenvalue weighted by Crippen LogP contribution is -2.34. The van der Waals surface area contributed by atoms with E-state index in [2.05, 4.69) is 5.32 Å². The molecule has 0 radical (unpaired) electrons. The third-order valence-corrected chi connectivity index (χ3v) is 5.13. The van der Waals surface area contributed by atoms with Crippen LogP contribution in [0.3, 0.4) is 0 Å². The zero-order valence-corrected chi connectivity index (χ0v) is 14.4. The van der Waals surface area contributed by atoms with E-state index in [4.69, 9.17) is 11.6 Å². The molecule has 0 unspecified atom stereocenters. The molecule has 1 aromatic rings. The smallest absolute Gasteiger partial charge is 0.239 e. The SMILES string of the molecule is CN(CC(=O)Nc1cc(N2CCCC2=O)ccc1Cl)S(C)(=O)=O. The van der Waals surface area contributed by atoms with Gasteiger partial charge in [-0.05, 0) is 24.6 Å². The molecule has 0 aliphatic carbocycles. The van der Waals surface area contributed by atoms with Crippen molar-refractivity contribution in [2.75, 3.05) is 36.6 Å². The maximum absolute atomic E-state index is 12.0. The van der Waals surface area contributed by atoms with Crippen molar-refractivity contribution in [1.29, 1.82) is 0 Å². The number of nitrogens with one attached hydrogen (secondary N) is 1. The Hall–Kier alpha value is -1.64. The molecule has 1 saturated heterocycles. The number of sulfonamides is 1. The summed E-state index contributed by atoms with van der Waals surface area (Å²) >= 11 is 6.06. The first-order chi connectivity index (χ1) is 10.7. The van der Waals surface area contributed by atoms with Crippen LogP contribution in [-0.2, 0) is 19.6 Å². The molecule has 9 heteroatoms. The predicted molar refractivity (Wildman–Crippen MR) is 89.1 cm³/mol. The number of carbonyl (C=O) groups is 2. The number of nitrogens with zero attached hydrogens (tertiary/aromatic N) is 2. The number of amides is 2. The van der Waals surface area contributed by atoms with Crippen LogP contribution >= 0.6 is 11.6 Å². The Labute approximate surface area is 140 Å². The molecule has 1 fully saturated rings. The molecule has 23 heavy (non-hydrogen) atoms. The number of carbonyl (C=O) groups excluding carboxylic acids is 2. The van der Waals surface area contributed by atoms with Gasteiger partial charge in [0, 0.05) is 25.7 Å². The highest BCUT2D eigenvalue weighted by Crippen LogP contribution is 2.29. The van der Waals surface area contributed by atoms with Crippen LogP contribution in [0.15, 0.2) is 18.2 Å². The summed E-state index contributed by atoms with van der Waals surface area (Å²) in [5, 5.41) is 2.89. The first-order valence-electron chi connectivity index (χ1n) is 6.99. The van der Waals surface area contributed by atoms with Gasteiger partial charge in [-0.2, -0.15) is 4.31 Å². The van der Waals surface area contributed by atoms with Gasteiger partial charge < -0.3 is 10.2 Å². The number of hydrogen-bond acceptors (Lipinski definition) is 4. The highest BCUT2D eigenvalue weighted by Gasteiger charge is 2.23. The monoisotopic (exact) mass is 359 g/mol. The molecular formula is C14H18ClN3O4S.